The molecule has 0 bridgehead atoms. The fourth-order valence-corrected chi connectivity index (χ4v) is 2.32. The molecule has 2 rings (SSSR count). The monoisotopic (exact) mass is 295 g/mol. The maximum absolute atomic E-state index is 6.12. The van der Waals surface area contributed by atoms with Crippen LogP contribution in [-0.2, 0) is 6.42 Å². The summed E-state index contributed by atoms with van der Waals surface area (Å²) in [6.07, 6.45) is 2.45. The minimum atomic E-state index is 0.651. The zero-order chi connectivity index (χ0) is 13.8. The highest BCUT2D eigenvalue weighted by molar-refractivity contribution is 6.35. The van der Waals surface area contributed by atoms with Gasteiger partial charge in [0.25, 0.3) is 0 Å². The molecule has 0 spiro atoms. The molecular formula is C14H15Cl2N3. The zero-order valence-electron chi connectivity index (χ0n) is 10.6. The van der Waals surface area contributed by atoms with Gasteiger partial charge in [-0.25, -0.2) is 4.98 Å². The van der Waals surface area contributed by atoms with Gasteiger partial charge in [0.1, 0.15) is 5.82 Å². The van der Waals surface area contributed by atoms with Crippen LogP contribution in [0.2, 0.25) is 10.0 Å². The Balaban J connectivity index is 1.96. The number of hydrogen-bond acceptors (Lipinski definition) is 3. The van der Waals surface area contributed by atoms with E-state index in [1.165, 1.54) is 0 Å². The highest BCUT2D eigenvalue weighted by Crippen LogP contribution is 2.21. The van der Waals surface area contributed by atoms with Crippen molar-refractivity contribution in [1.29, 1.82) is 0 Å². The topological polar surface area (TPSA) is 50.9 Å². The van der Waals surface area contributed by atoms with E-state index in [1.807, 2.05) is 25.1 Å². The SMILES string of the molecule is Cc1cc(N)cnc1NCCc1ccc(Cl)cc1Cl. The van der Waals surface area contributed by atoms with Gasteiger partial charge in [0.05, 0.1) is 11.9 Å². The first-order chi connectivity index (χ1) is 9.06. The number of pyridine rings is 1. The first-order valence-electron chi connectivity index (χ1n) is 5.96. The molecule has 1 aromatic carbocycles. The largest absolute Gasteiger partial charge is 0.397 e. The third-order valence-electron chi connectivity index (χ3n) is 2.80. The summed E-state index contributed by atoms with van der Waals surface area (Å²) >= 11 is 12.0. The lowest BCUT2D eigenvalue weighted by Gasteiger charge is -2.10. The lowest BCUT2D eigenvalue weighted by molar-refractivity contribution is 1.00. The van der Waals surface area contributed by atoms with Crippen LogP contribution >= 0.6 is 23.2 Å². The highest BCUT2D eigenvalue weighted by atomic mass is 35.5. The third-order valence-corrected chi connectivity index (χ3v) is 3.39. The van der Waals surface area contributed by atoms with E-state index >= 15 is 0 Å². The molecule has 100 valence electrons. The average Bonchev–Trinajstić information content (AvgIpc) is 2.34. The number of nitrogens with two attached hydrogens (primary N) is 1. The van der Waals surface area contributed by atoms with E-state index in [-0.39, 0.29) is 0 Å². The van der Waals surface area contributed by atoms with E-state index in [0.717, 1.165) is 29.9 Å². The van der Waals surface area contributed by atoms with Crippen LogP contribution in [0.1, 0.15) is 11.1 Å². The molecule has 3 nitrogen and oxygen atoms in total. The molecule has 2 aromatic rings. The van der Waals surface area contributed by atoms with Gasteiger partial charge in [0, 0.05) is 16.6 Å². The van der Waals surface area contributed by atoms with Crippen molar-refractivity contribution in [3.63, 3.8) is 0 Å². The summed E-state index contributed by atoms with van der Waals surface area (Å²) in [6.45, 7) is 2.72. The van der Waals surface area contributed by atoms with Gasteiger partial charge in [-0.15, -0.1) is 0 Å². The smallest absolute Gasteiger partial charge is 0.129 e. The molecule has 0 aliphatic rings. The molecule has 0 radical (unpaired) electrons. The Morgan fingerprint density at radius 2 is 2.05 bits per heavy atom. The highest BCUT2D eigenvalue weighted by Gasteiger charge is 2.03. The summed E-state index contributed by atoms with van der Waals surface area (Å²) in [5.74, 6) is 0.847. The quantitative estimate of drug-likeness (QED) is 0.898. The van der Waals surface area contributed by atoms with Crippen molar-refractivity contribution >= 4 is 34.7 Å². The van der Waals surface area contributed by atoms with Crippen LogP contribution in [0.25, 0.3) is 0 Å². The standard InChI is InChI=1S/C14H15Cl2N3/c1-9-6-12(17)8-19-14(9)18-5-4-10-2-3-11(15)7-13(10)16/h2-3,6-8H,4-5,17H2,1H3,(H,18,19). The van der Waals surface area contributed by atoms with Gasteiger partial charge < -0.3 is 11.1 Å². The van der Waals surface area contributed by atoms with Crippen LogP contribution in [0, 0.1) is 6.92 Å². The number of nitrogens with zero attached hydrogens (tertiary/aromatic N) is 1. The third kappa shape index (κ3) is 3.75. The fourth-order valence-electron chi connectivity index (χ4n) is 1.82. The summed E-state index contributed by atoms with van der Waals surface area (Å²) in [5, 5.41) is 4.61. The van der Waals surface area contributed by atoms with Crippen molar-refractivity contribution in [3.05, 3.63) is 51.6 Å². The molecule has 0 saturated heterocycles. The van der Waals surface area contributed by atoms with E-state index in [1.54, 1.807) is 12.3 Å². The molecule has 0 unspecified atom stereocenters. The molecule has 0 atom stereocenters. The minimum absolute atomic E-state index is 0.651. The summed E-state index contributed by atoms with van der Waals surface area (Å²) in [5.41, 5.74) is 8.42. The second-order valence-corrected chi connectivity index (χ2v) is 5.19. The number of anilines is 2. The molecule has 1 heterocycles. The summed E-state index contributed by atoms with van der Waals surface area (Å²) < 4.78 is 0. The van der Waals surface area contributed by atoms with E-state index in [9.17, 15) is 0 Å². The van der Waals surface area contributed by atoms with Gasteiger partial charge in [0.15, 0.2) is 0 Å². The van der Waals surface area contributed by atoms with Crippen molar-refractivity contribution in [3.8, 4) is 0 Å². The van der Waals surface area contributed by atoms with Gasteiger partial charge in [-0.3, -0.25) is 0 Å². The number of hydrogen-bond donors (Lipinski definition) is 2. The second kappa shape index (κ2) is 6.13. The van der Waals surface area contributed by atoms with Crippen LogP contribution < -0.4 is 11.1 Å². The molecule has 0 aliphatic heterocycles. The molecule has 0 amide bonds. The Morgan fingerprint density at radius 3 is 2.74 bits per heavy atom. The Kier molecular flexibility index (Phi) is 4.51. The van der Waals surface area contributed by atoms with Gasteiger partial charge in [-0.05, 0) is 42.7 Å². The second-order valence-electron chi connectivity index (χ2n) is 4.35. The number of benzene rings is 1. The zero-order valence-corrected chi connectivity index (χ0v) is 12.1. The molecule has 1 aromatic heterocycles. The van der Waals surface area contributed by atoms with Crippen LogP contribution in [0.5, 0.6) is 0 Å². The summed E-state index contributed by atoms with van der Waals surface area (Å²) in [4.78, 5) is 4.26. The fraction of sp³-hybridized carbons (Fsp3) is 0.214. The Labute approximate surface area is 122 Å². The molecule has 19 heavy (non-hydrogen) atoms. The van der Waals surface area contributed by atoms with Crippen LogP contribution in [0.15, 0.2) is 30.5 Å². The van der Waals surface area contributed by atoms with Crippen molar-refractivity contribution in [1.82, 2.24) is 4.98 Å². The average molecular weight is 296 g/mol. The van der Waals surface area contributed by atoms with E-state index in [2.05, 4.69) is 10.3 Å². The molecule has 0 aliphatic carbocycles. The number of aromatic nitrogens is 1. The van der Waals surface area contributed by atoms with E-state index < -0.39 is 0 Å². The first-order valence-corrected chi connectivity index (χ1v) is 6.72. The first kappa shape index (κ1) is 14.0. The van der Waals surface area contributed by atoms with Gasteiger partial charge in [-0.2, -0.15) is 0 Å². The van der Waals surface area contributed by atoms with Crippen molar-refractivity contribution in [2.45, 2.75) is 13.3 Å². The van der Waals surface area contributed by atoms with Gasteiger partial charge in [-0.1, -0.05) is 29.3 Å². The molecular weight excluding hydrogens is 281 g/mol. The summed E-state index contributed by atoms with van der Waals surface area (Å²) in [7, 11) is 0. The maximum Gasteiger partial charge on any atom is 0.129 e. The lowest BCUT2D eigenvalue weighted by atomic mass is 10.1. The number of halogens is 2. The minimum Gasteiger partial charge on any atom is -0.397 e. The predicted molar refractivity (Wildman–Crippen MR) is 82.0 cm³/mol. The van der Waals surface area contributed by atoms with Crippen molar-refractivity contribution < 1.29 is 0 Å². The van der Waals surface area contributed by atoms with E-state index in [0.29, 0.717) is 15.7 Å². The predicted octanol–water partition coefficient (Wildman–Crippen LogP) is 3.93. The lowest BCUT2D eigenvalue weighted by Crippen LogP contribution is -2.08. The van der Waals surface area contributed by atoms with Crippen LogP contribution in [0.4, 0.5) is 11.5 Å². The normalized spacial score (nSPS) is 10.5. The number of nitrogens with one attached hydrogen (secondary N) is 1. The van der Waals surface area contributed by atoms with E-state index in [4.69, 9.17) is 28.9 Å². The molecule has 5 heteroatoms. The van der Waals surface area contributed by atoms with Crippen LogP contribution in [-0.4, -0.2) is 11.5 Å². The molecule has 0 fully saturated rings. The van der Waals surface area contributed by atoms with Crippen molar-refractivity contribution in [2.24, 2.45) is 0 Å². The molecule has 3 N–H and O–H groups in total. The van der Waals surface area contributed by atoms with Gasteiger partial charge >= 0.3 is 0 Å². The van der Waals surface area contributed by atoms with Crippen LogP contribution in [0.3, 0.4) is 0 Å². The maximum atomic E-state index is 6.12. The number of rotatable bonds is 4. The summed E-state index contributed by atoms with van der Waals surface area (Å²) in [6, 6.07) is 7.43. The Morgan fingerprint density at radius 1 is 1.26 bits per heavy atom. The number of nitrogen functional groups attached to an aromatic ring is 1. The van der Waals surface area contributed by atoms with Gasteiger partial charge in [0.2, 0.25) is 0 Å². The number of aryl methyl sites for hydroxylation is 1. The van der Waals surface area contributed by atoms with Crippen molar-refractivity contribution in [2.75, 3.05) is 17.6 Å². The molecule has 0 saturated carbocycles. The Hall–Kier alpha value is -1.45. The Bertz CT molecular complexity index is 533.